The van der Waals surface area contributed by atoms with Crippen LogP contribution < -0.4 is 4.74 Å². The number of pyridine rings is 1. The molecule has 0 unspecified atom stereocenters. The van der Waals surface area contributed by atoms with Gasteiger partial charge in [-0.3, -0.25) is 5.10 Å². The lowest BCUT2D eigenvalue weighted by Gasteiger charge is -2.41. The van der Waals surface area contributed by atoms with Gasteiger partial charge in [0.15, 0.2) is 11.4 Å². The van der Waals surface area contributed by atoms with Crippen LogP contribution in [-0.4, -0.2) is 55.7 Å². The molecule has 1 N–H and O–H groups in total. The molecule has 1 aliphatic carbocycles. The molecule has 1 aliphatic heterocycles. The van der Waals surface area contributed by atoms with E-state index in [-0.39, 0.29) is 0 Å². The number of likely N-dealkylation sites (tertiary alicyclic amines) is 1. The van der Waals surface area contributed by atoms with Gasteiger partial charge in [-0.15, -0.1) is 11.3 Å². The molecule has 0 aromatic carbocycles. The topological polar surface area (TPSA) is 71.3 Å². The van der Waals surface area contributed by atoms with E-state index in [4.69, 9.17) is 14.8 Å². The zero-order valence-corrected chi connectivity index (χ0v) is 20.9. The fourth-order valence-electron chi connectivity index (χ4n) is 5.47. The summed E-state index contributed by atoms with van der Waals surface area (Å²) in [5.74, 6) is 1.67. The average Bonchev–Trinajstić information content (AvgIpc) is 3.56. The quantitative estimate of drug-likeness (QED) is 0.386. The van der Waals surface area contributed by atoms with Crippen molar-refractivity contribution >= 4 is 17.0 Å². The molecule has 0 bridgehead atoms. The smallest absolute Gasteiger partial charge is 0.179 e. The highest BCUT2D eigenvalue weighted by molar-refractivity contribution is 7.15. The standard InChI is InChI=1S/C26H32N6OS/c1-16(2)22-23(18-13-20(33-3)25-27-9-12-32(25)15-18)29-30-24(22)26-28-14-21(34-26)17-7-10-31(11-8-17)19-5-4-6-19/h9,12-17,19H,4-8,10-11H2,1-3H3,(H,29,30). The minimum Gasteiger partial charge on any atom is -0.493 e. The molecule has 0 radical (unpaired) electrons. The van der Waals surface area contributed by atoms with Gasteiger partial charge in [-0.25, -0.2) is 9.97 Å². The molecular formula is C26H32N6OS. The minimum atomic E-state index is 0.297. The zero-order valence-electron chi connectivity index (χ0n) is 20.1. The highest BCUT2D eigenvalue weighted by Crippen LogP contribution is 2.41. The molecule has 0 atom stereocenters. The maximum Gasteiger partial charge on any atom is 0.179 e. The highest BCUT2D eigenvalue weighted by atomic mass is 32.1. The van der Waals surface area contributed by atoms with Gasteiger partial charge in [-0.1, -0.05) is 20.3 Å². The van der Waals surface area contributed by atoms with Crippen LogP contribution in [-0.2, 0) is 0 Å². The van der Waals surface area contributed by atoms with Crippen LogP contribution in [0.3, 0.4) is 0 Å². The van der Waals surface area contributed by atoms with Gasteiger partial charge >= 0.3 is 0 Å². The average molecular weight is 477 g/mol. The van der Waals surface area contributed by atoms with Crippen LogP contribution >= 0.6 is 11.3 Å². The number of rotatable bonds is 6. The lowest BCUT2D eigenvalue weighted by Crippen LogP contribution is -2.44. The fraction of sp³-hybridized carbons (Fsp3) is 0.500. The van der Waals surface area contributed by atoms with Crippen molar-refractivity contribution in [2.24, 2.45) is 0 Å². The number of H-pyrrole nitrogens is 1. The minimum absolute atomic E-state index is 0.297. The number of imidazole rings is 1. The Bertz CT molecular complexity index is 1290. The maximum atomic E-state index is 5.61. The number of nitrogens with one attached hydrogen (secondary N) is 1. The Kier molecular flexibility index (Phi) is 5.65. The third-order valence-electron chi connectivity index (χ3n) is 7.59. The maximum absolute atomic E-state index is 5.61. The Labute approximate surface area is 204 Å². The first kappa shape index (κ1) is 21.8. The number of aromatic amines is 1. The summed E-state index contributed by atoms with van der Waals surface area (Å²) in [5, 5.41) is 9.13. The van der Waals surface area contributed by atoms with Crippen molar-refractivity contribution in [2.75, 3.05) is 20.2 Å². The van der Waals surface area contributed by atoms with Crippen LogP contribution in [0.2, 0.25) is 0 Å². The number of ether oxygens (including phenoxy) is 1. The molecule has 0 amide bonds. The van der Waals surface area contributed by atoms with Gasteiger partial charge in [0.25, 0.3) is 0 Å². The van der Waals surface area contributed by atoms with E-state index in [9.17, 15) is 0 Å². The van der Waals surface area contributed by atoms with Gasteiger partial charge in [0, 0.05) is 46.8 Å². The molecule has 6 rings (SSSR count). The zero-order chi connectivity index (χ0) is 23.2. The summed E-state index contributed by atoms with van der Waals surface area (Å²) < 4.78 is 7.60. The van der Waals surface area contributed by atoms with E-state index in [2.05, 4.69) is 41.2 Å². The van der Waals surface area contributed by atoms with E-state index >= 15 is 0 Å². The van der Waals surface area contributed by atoms with Crippen molar-refractivity contribution in [1.82, 2.24) is 29.5 Å². The number of hydrogen-bond donors (Lipinski definition) is 1. The van der Waals surface area contributed by atoms with Crippen molar-refractivity contribution < 1.29 is 4.74 Å². The van der Waals surface area contributed by atoms with E-state index in [1.807, 2.05) is 28.0 Å². The first-order valence-corrected chi connectivity index (χ1v) is 13.2. The van der Waals surface area contributed by atoms with E-state index in [1.165, 1.54) is 55.6 Å². The predicted molar refractivity (Wildman–Crippen MR) is 136 cm³/mol. The molecular weight excluding hydrogens is 444 g/mol. The Hall–Kier alpha value is -2.71. The molecule has 178 valence electrons. The second-order valence-electron chi connectivity index (χ2n) is 9.93. The van der Waals surface area contributed by atoms with Gasteiger partial charge in [0.05, 0.1) is 18.5 Å². The van der Waals surface area contributed by atoms with E-state index in [0.29, 0.717) is 11.8 Å². The SMILES string of the molecule is COc1cc(-c2n[nH]c(-c3ncc(C4CCN(C5CCC5)CC4)s3)c2C(C)C)cn2ccnc12. The number of fused-ring (bicyclic) bond motifs is 1. The van der Waals surface area contributed by atoms with Gasteiger partial charge < -0.3 is 14.0 Å². The summed E-state index contributed by atoms with van der Waals surface area (Å²) in [6.45, 7) is 6.89. The van der Waals surface area contributed by atoms with Crippen LogP contribution in [0.4, 0.5) is 0 Å². The van der Waals surface area contributed by atoms with Crippen molar-refractivity contribution in [3.63, 3.8) is 0 Å². The molecule has 4 aromatic rings. The highest BCUT2D eigenvalue weighted by Gasteiger charge is 2.30. The van der Waals surface area contributed by atoms with Gasteiger partial charge in [-0.05, 0) is 56.7 Å². The summed E-state index contributed by atoms with van der Waals surface area (Å²) in [6, 6.07) is 2.88. The first-order chi connectivity index (χ1) is 16.6. The van der Waals surface area contributed by atoms with E-state index in [1.54, 1.807) is 13.3 Å². The molecule has 2 aliphatic rings. The normalized spacial score (nSPS) is 18.1. The molecule has 7 nitrogen and oxygen atoms in total. The van der Waals surface area contributed by atoms with E-state index in [0.717, 1.165) is 39.4 Å². The number of thiazole rings is 1. The molecule has 0 spiro atoms. The number of piperidine rings is 1. The third kappa shape index (κ3) is 3.73. The van der Waals surface area contributed by atoms with Gasteiger partial charge in [0.1, 0.15) is 5.01 Å². The largest absolute Gasteiger partial charge is 0.493 e. The second kappa shape index (κ2) is 8.82. The first-order valence-electron chi connectivity index (χ1n) is 12.4. The summed E-state index contributed by atoms with van der Waals surface area (Å²) in [5.41, 5.74) is 5.00. The Morgan fingerprint density at radius 2 is 1.97 bits per heavy atom. The molecule has 1 saturated heterocycles. The Balaban J connectivity index is 1.29. The van der Waals surface area contributed by atoms with Crippen LogP contribution in [0.5, 0.6) is 5.75 Å². The molecule has 1 saturated carbocycles. The number of hydrogen-bond acceptors (Lipinski definition) is 6. The Morgan fingerprint density at radius 3 is 2.68 bits per heavy atom. The number of aromatic nitrogens is 5. The summed E-state index contributed by atoms with van der Waals surface area (Å²) >= 11 is 1.83. The fourth-order valence-corrected chi connectivity index (χ4v) is 6.56. The predicted octanol–water partition coefficient (Wildman–Crippen LogP) is 5.71. The number of nitrogens with zero attached hydrogens (tertiary/aromatic N) is 5. The van der Waals surface area contributed by atoms with Gasteiger partial charge in [-0.2, -0.15) is 5.10 Å². The lowest BCUT2D eigenvalue weighted by atomic mass is 9.87. The van der Waals surface area contributed by atoms with Crippen molar-refractivity contribution in [2.45, 2.75) is 63.8 Å². The third-order valence-corrected chi connectivity index (χ3v) is 8.77. The second-order valence-corrected chi connectivity index (χ2v) is 11.0. The van der Waals surface area contributed by atoms with Crippen molar-refractivity contribution in [1.29, 1.82) is 0 Å². The Morgan fingerprint density at radius 1 is 1.15 bits per heavy atom. The van der Waals surface area contributed by atoms with Gasteiger partial charge in [0.2, 0.25) is 0 Å². The molecule has 4 aromatic heterocycles. The molecule has 2 fully saturated rings. The monoisotopic (exact) mass is 476 g/mol. The summed E-state index contributed by atoms with van der Waals surface area (Å²) in [6.07, 6.45) is 14.6. The number of methoxy groups -OCH3 is 1. The van der Waals surface area contributed by atoms with E-state index < -0.39 is 0 Å². The molecule has 34 heavy (non-hydrogen) atoms. The summed E-state index contributed by atoms with van der Waals surface area (Å²) in [4.78, 5) is 13.4. The van der Waals surface area contributed by atoms with Crippen molar-refractivity contribution in [3.05, 3.63) is 41.3 Å². The van der Waals surface area contributed by atoms with Crippen LogP contribution in [0.25, 0.3) is 27.6 Å². The molecule has 5 heterocycles. The van der Waals surface area contributed by atoms with Crippen LogP contribution in [0, 0.1) is 0 Å². The van der Waals surface area contributed by atoms with Crippen LogP contribution in [0.15, 0.2) is 30.9 Å². The lowest BCUT2D eigenvalue weighted by molar-refractivity contribution is 0.0980. The molecule has 8 heteroatoms. The van der Waals surface area contributed by atoms with Crippen LogP contribution in [0.1, 0.15) is 68.2 Å². The summed E-state index contributed by atoms with van der Waals surface area (Å²) in [7, 11) is 1.68. The van der Waals surface area contributed by atoms with Crippen molar-refractivity contribution in [3.8, 4) is 27.7 Å².